The summed E-state index contributed by atoms with van der Waals surface area (Å²) in [7, 11) is 0. The molecule has 3 heteroatoms. The number of hydrogen-bond acceptors (Lipinski definition) is 2. The molecular formula is C10H15NO2. The Balaban J connectivity index is 1.97. The third-order valence-corrected chi connectivity index (χ3v) is 3.14. The number of carbonyl (C=O) groups excluding carboxylic acids is 2. The Morgan fingerprint density at radius 3 is 2.54 bits per heavy atom. The van der Waals surface area contributed by atoms with E-state index in [1.807, 2.05) is 0 Å². The highest BCUT2D eigenvalue weighted by atomic mass is 16.2. The van der Waals surface area contributed by atoms with Crippen molar-refractivity contribution in [1.29, 1.82) is 0 Å². The van der Waals surface area contributed by atoms with E-state index in [-0.39, 0.29) is 23.5 Å². The van der Waals surface area contributed by atoms with Gasteiger partial charge in [0.2, 0.25) is 5.91 Å². The molecule has 72 valence electrons. The van der Waals surface area contributed by atoms with Crippen LogP contribution in [0.4, 0.5) is 0 Å². The lowest BCUT2D eigenvalue weighted by Crippen LogP contribution is -2.43. The van der Waals surface area contributed by atoms with E-state index in [0.717, 1.165) is 38.6 Å². The van der Waals surface area contributed by atoms with Gasteiger partial charge in [-0.05, 0) is 25.7 Å². The summed E-state index contributed by atoms with van der Waals surface area (Å²) in [6, 6.07) is 0. The number of carbonyl (C=O) groups is 2. The fraction of sp³-hybridized carbons (Fsp3) is 0.800. The van der Waals surface area contributed by atoms with Crippen LogP contribution in [0.1, 0.15) is 32.1 Å². The van der Waals surface area contributed by atoms with Gasteiger partial charge in [-0.1, -0.05) is 6.42 Å². The van der Waals surface area contributed by atoms with Crippen LogP contribution in [0, 0.1) is 11.8 Å². The van der Waals surface area contributed by atoms with E-state index in [1.165, 1.54) is 0 Å². The number of Topliss-reactive ketones (excluding diaryl/α,β-unsaturated/α-hetero) is 1. The van der Waals surface area contributed by atoms with Gasteiger partial charge in [0.05, 0.1) is 5.92 Å². The maximum atomic E-state index is 11.7. The predicted molar refractivity (Wildman–Crippen MR) is 48.1 cm³/mol. The molecule has 3 nitrogen and oxygen atoms in total. The number of rotatable bonds is 2. The van der Waals surface area contributed by atoms with Gasteiger partial charge in [0, 0.05) is 12.5 Å². The van der Waals surface area contributed by atoms with E-state index in [4.69, 9.17) is 0 Å². The van der Waals surface area contributed by atoms with Crippen molar-refractivity contribution in [2.75, 3.05) is 6.54 Å². The molecule has 0 radical (unpaired) electrons. The van der Waals surface area contributed by atoms with Gasteiger partial charge in [0.25, 0.3) is 0 Å². The average Bonchev–Trinajstić information content (AvgIpc) is 2.01. The van der Waals surface area contributed by atoms with Crippen LogP contribution in [0.3, 0.4) is 0 Å². The zero-order valence-electron chi connectivity index (χ0n) is 7.71. The predicted octanol–water partition coefficient (Wildman–Crippen LogP) is 0.882. The maximum absolute atomic E-state index is 11.7. The molecule has 0 spiro atoms. The van der Waals surface area contributed by atoms with Crippen LogP contribution in [0.25, 0.3) is 0 Å². The van der Waals surface area contributed by atoms with Crippen LogP contribution in [0.2, 0.25) is 0 Å². The number of hydrogen-bond donors (Lipinski definition) is 1. The Labute approximate surface area is 77.9 Å². The van der Waals surface area contributed by atoms with Crippen molar-refractivity contribution in [3.63, 3.8) is 0 Å². The van der Waals surface area contributed by atoms with Crippen LogP contribution >= 0.6 is 0 Å². The molecule has 0 aromatic rings. The van der Waals surface area contributed by atoms with E-state index in [2.05, 4.69) is 5.32 Å². The smallest absolute Gasteiger partial charge is 0.230 e. The first-order valence-corrected chi connectivity index (χ1v) is 5.10. The Bertz CT molecular complexity index is 233. The molecule has 0 aromatic heterocycles. The summed E-state index contributed by atoms with van der Waals surface area (Å²) in [6.07, 6.45) is 4.88. The van der Waals surface area contributed by atoms with E-state index < -0.39 is 0 Å². The third-order valence-electron chi connectivity index (χ3n) is 3.14. The van der Waals surface area contributed by atoms with Crippen LogP contribution in [-0.4, -0.2) is 18.2 Å². The minimum absolute atomic E-state index is 0.0387. The van der Waals surface area contributed by atoms with E-state index in [0.29, 0.717) is 0 Å². The maximum Gasteiger partial charge on any atom is 0.230 e. The molecule has 2 fully saturated rings. The van der Waals surface area contributed by atoms with E-state index in [9.17, 15) is 9.59 Å². The minimum atomic E-state index is -0.320. The van der Waals surface area contributed by atoms with Crippen LogP contribution in [0.15, 0.2) is 0 Å². The van der Waals surface area contributed by atoms with Gasteiger partial charge in [-0.15, -0.1) is 0 Å². The van der Waals surface area contributed by atoms with E-state index >= 15 is 0 Å². The second-order valence-corrected chi connectivity index (χ2v) is 4.02. The number of piperidine rings is 1. The topological polar surface area (TPSA) is 46.2 Å². The fourth-order valence-corrected chi connectivity index (χ4v) is 2.02. The van der Waals surface area contributed by atoms with Gasteiger partial charge < -0.3 is 5.32 Å². The SMILES string of the molecule is O=C1NCCCC1C(=O)C1CCC1. The van der Waals surface area contributed by atoms with Gasteiger partial charge in [0.15, 0.2) is 0 Å². The van der Waals surface area contributed by atoms with Gasteiger partial charge in [-0.25, -0.2) is 0 Å². The summed E-state index contributed by atoms with van der Waals surface area (Å²) in [5.41, 5.74) is 0. The summed E-state index contributed by atoms with van der Waals surface area (Å²) < 4.78 is 0. The van der Waals surface area contributed by atoms with Crippen molar-refractivity contribution in [2.45, 2.75) is 32.1 Å². The fourth-order valence-electron chi connectivity index (χ4n) is 2.02. The summed E-state index contributed by atoms with van der Waals surface area (Å²) in [5.74, 6) is 0.0412. The quantitative estimate of drug-likeness (QED) is 0.643. The van der Waals surface area contributed by atoms with Gasteiger partial charge in [-0.3, -0.25) is 9.59 Å². The Kier molecular flexibility index (Phi) is 2.34. The highest BCUT2D eigenvalue weighted by Gasteiger charge is 2.36. The molecule has 1 saturated heterocycles. The molecule has 0 aromatic carbocycles. The lowest BCUT2D eigenvalue weighted by Gasteiger charge is -2.29. The van der Waals surface area contributed by atoms with Crippen molar-refractivity contribution < 1.29 is 9.59 Å². The van der Waals surface area contributed by atoms with Crippen LogP contribution < -0.4 is 5.32 Å². The summed E-state index contributed by atoms with van der Waals surface area (Å²) in [5, 5.41) is 2.76. The molecule has 13 heavy (non-hydrogen) atoms. The first-order chi connectivity index (χ1) is 6.29. The zero-order valence-corrected chi connectivity index (χ0v) is 7.71. The largest absolute Gasteiger partial charge is 0.355 e. The minimum Gasteiger partial charge on any atom is -0.355 e. The van der Waals surface area contributed by atoms with Crippen LogP contribution in [0.5, 0.6) is 0 Å². The molecule has 1 saturated carbocycles. The van der Waals surface area contributed by atoms with Gasteiger partial charge in [-0.2, -0.15) is 0 Å². The van der Waals surface area contributed by atoms with Crippen molar-refractivity contribution in [3.05, 3.63) is 0 Å². The summed E-state index contributed by atoms with van der Waals surface area (Å²) in [4.78, 5) is 23.1. The Hall–Kier alpha value is -0.860. The van der Waals surface area contributed by atoms with Crippen molar-refractivity contribution in [1.82, 2.24) is 5.32 Å². The number of nitrogens with one attached hydrogen (secondary N) is 1. The molecule has 1 unspecified atom stereocenters. The molecule has 1 aliphatic heterocycles. The highest BCUT2D eigenvalue weighted by Crippen LogP contribution is 2.31. The number of ketones is 1. The standard InChI is InChI=1S/C10H15NO2/c12-9(7-3-1-4-7)8-5-2-6-11-10(8)13/h7-8H,1-6H2,(H,11,13). The van der Waals surface area contributed by atoms with Crippen LogP contribution in [-0.2, 0) is 9.59 Å². The third kappa shape index (κ3) is 1.60. The van der Waals surface area contributed by atoms with Crippen molar-refractivity contribution >= 4 is 11.7 Å². The molecule has 2 rings (SSSR count). The Morgan fingerprint density at radius 2 is 2.00 bits per heavy atom. The molecule has 1 N–H and O–H groups in total. The molecule has 1 atom stereocenters. The van der Waals surface area contributed by atoms with Crippen molar-refractivity contribution in [2.24, 2.45) is 11.8 Å². The summed E-state index contributed by atoms with van der Waals surface area (Å²) in [6.45, 7) is 0.743. The first-order valence-electron chi connectivity index (χ1n) is 5.10. The molecule has 1 heterocycles. The van der Waals surface area contributed by atoms with E-state index in [1.54, 1.807) is 0 Å². The van der Waals surface area contributed by atoms with Gasteiger partial charge in [0.1, 0.15) is 5.78 Å². The molecule has 1 amide bonds. The normalized spacial score (nSPS) is 29.2. The molecular weight excluding hydrogens is 166 g/mol. The Morgan fingerprint density at radius 1 is 1.23 bits per heavy atom. The lowest BCUT2D eigenvalue weighted by atomic mass is 9.76. The first kappa shape index (κ1) is 8.73. The van der Waals surface area contributed by atoms with Gasteiger partial charge >= 0.3 is 0 Å². The highest BCUT2D eigenvalue weighted by molar-refractivity contribution is 6.02. The molecule has 1 aliphatic carbocycles. The molecule has 2 aliphatic rings. The monoisotopic (exact) mass is 181 g/mol. The van der Waals surface area contributed by atoms with Crippen molar-refractivity contribution in [3.8, 4) is 0 Å². The average molecular weight is 181 g/mol. The summed E-state index contributed by atoms with van der Waals surface area (Å²) >= 11 is 0. The number of amides is 1. The second kappa shape index (κ2) is 3.48. The molecule has 0 bridgehead atoms. The lowest BCUT2D eigenvalue weighted by molar-refractivity contribution is -0.139. The zero-order chi connectivity index (χ0) is 9.26. The second-order valence-electron chi connectivity index (χ2n) is 4.02.